The summed E-state index contributed by atoms with van der Waals surface area (Å²) < 4.78 is 8.96. The van der Waals surface area contributed by atoms with E-state index in [9.17, 15) is 9.59 Å². The Morgan fingerprint density at radius 3 is 1.73 bits per heavy atom. The summed E-state index contributed by atoms with van der Waals surface area (Å²) in [6.07, 6.45) is 0. The molecule has 0 aliphatic heterocycles. The Hall–Kier alpha value is -0.710. The highest BCUT2D eigenvalue weighted by atomic mass is 32.2. The van der Waals surface area contributed by atoms with Crippen molar-refractivity contribution >= 4 is 22.4 Å². The van der Waals surface area contributed by atoms with Crippen LogP contribution in [0.4, 0.5) is 9.59 Å². The Morgan fingerprint density at radius 1 is 1.09 bits per heavy atom. The largest absolute Gasteiger partial charge is 0.457 e. The van der Waals surface area contributed by atoms with Crippen LogP contribution in [0.2, 0.25) is 0 Å². The van der Waals surface area contributed by atoms with Crippen molar-refractivity contribution in [3.63, 3.8) is 0 Å². The second kappa shape index (κ2) is 6.03. The van der Waals surface area contributed by atoms with Crippen molar-refractivity contribution < 1.29 is 19.1 Å². The topological polar surface area (TPSA) is 52.6 Å². The van der Waals surface area contributed by atoms with Gasteiger partial charge in [0.05, 0.1) is 25.0 Å². The zero-order valence-electron chi connectivity index (χ0n) is 6.46. The first-order chi connectivity index (χ1) is 5.20. The molecular weight excluding hydrogens is 168 g/mol. The van der Waals surface area contributed by atoms with Gasteiger partial charge in [-0.15, -0.1) is 0 Å². The van der Waals surface area contributed by atoms with Crippen LogP contribution in [0.5, 0.6) is 0 Å². The second-order valence-electron chi connectivity index (χ2n) is 1.47. The molecule has 0 saturated carbocycles. The number of ether oxygens (including phenoxy) is 2. The van der Waals surface area contributed by atoms with Gasteiger partial charge in [-0.1, -0.05) is 0 Å². The van der Waals surface area contributed by atoms with Crippen LogP contribution >= 0.6 is 11.8 Å². The van der Waals surface area contributed by atoms with Crippen LogP contribution in [-0.4, -0.2) is 23.8 Å². The fraction of sp³-hybridized carbons (Fsp3) is 0.667. The van der Waals surface area contributed by atoms with Crippen LogP contribution in [0.15, 0.2) is 0 Å². The minimum atomic E-state index is -0.619. The predicted molar refractivity (Wildman–Crippen MR) is 41.6 cm³/mol. The summed E-state index contributed by atoms with van der Waals surface area (Å²) in [6, 6.07) is 0. The number of carbonyl (C=O) groups excluding carboxylic acids is 2. The molecule has 0 aliphatic carbocycles. The molecule has 11 heavy (non-hydrogen) atoms. The Labute approximate surface area is 69.2 Å². The maximum Gasteiger partial charge on any atom is 0.378 e. The van der Waals surface area contributed by atoms with Gasteiger partial charge >= 0.3 is 10.6 Å². The van der Waals surface area contributed by atoms with Gasteiger partial charge in [0.1, 0.15) is 0 Å². The lowest BCUT2D eigenvalue weighted by molar-refractivity contribution is 0.175. The smallest absolute Gasteiger partial charge is 0.378 e. The maximum absolute atomic E-state index is 10.6. The van der Waals surface area contributed by atoms with E-state index in [1.54, 1.807) is 13.8 Å². The molecule has 0 aromatic rings. The Bertz CT molecular complexity index is 130. The number of hydrogen-bond donors (Lipinski definition) is 0. The molecule has 4 nitrogen and oxygen atoms in total. The second-order valence-corrected chi connectivity index (χ2v) is 2.34. The quantitative estimate of drug-likeness (QED) is 0.605. The third-order valence-corrected chi connectivity index (χ3v) is 1.26. The van der Waals surface area contributed by atoms with E-state index in [1.165, 1.54) is 0 Å². The highest BCUT2D eigenvalue weighted by Gasteiger charge is 2.11. The van der Waals surface area contributed by atoms with Gasteiger partial charge in [0.25, 0.3) is 0 Å². The third kappa shape index (κ3) is 5.72. The molecule has 0 aromatic carbocycles. The molecule has 0 aliphatic rings. The number of hydrogen-bond acceptors (Lipinski definition) is 5. The van der Waals surface area contributed by atoms with Crippen LogP contribution in [0.25, 0.3) is 0 Å². The SMILES string of the molecule is CCOC(=O)SC(=O)OCC. The molecule has 0 saturated heterocycles. The summed E-state index contributed by atoms with van der Waals surface area (Å²) in [5, 5.41) is -1.24. The molecule has 0 N–H and O–H groups in total. The summed E-state index contributed by atoms with van der Waals surface area (Å²) in [5.74, 6) is 0. The Morgan fingerprint density at radius 2 is 1.45 bits per heavy atom. The summed E-state index contributed by atoms with van der Waals surface area (Å²) >= 11 is 0.426. The molecule has 0 aromatic heterocycles. The molecule has 0 spiro atoms. The van der Waals surface area contributed by atoms with Crippen molar-refractivity contribution in [1.82, 2.24) is 0 Å². The molecular formula is C6H10O4S. The van der Waals surface area contributed by atoms with Gasteiger partial charge in [0.2, 0.25) is 0 Å². The summed E-state index contributed by atoms with van der Waals surface area (Å²) in [5.41, 5.74) is 0. The van der Waals surface area contributed by atoms with E-state index in [4.69, 9.17) is 0 Å². The lowest BCUT2D eigenvalue weighted by Gasteiger charge is -1.99. The number of carbonyl (C=O) groups is 2. The average Bonchev–Trinajstić information content (AvgIpc) is 1.87. The number of rotatable bonds is 2. The van der Waals surface area contributed by atoms with Gasteiger partial charge in [-0.2, -0.15) is 0 Å². The van der Waals surface area contributed by atoms with E-state index in [2.05, 4.69) is 9.47 Å². The molecule has 0 fully saturated rings. The van der Waals surface area contributed by atoms with Crippen molar-refractivity contribution in [2.75, 3.05) is 13.2 Å². The summed E-state index contributed by atoms with van der Waals surface area (Å²) in [4.78, 5) is 21.1. The zero-order valence-corrected chi connectivity index (χ0v) is 7.27. The van der Waals surface area contributed by atoms with Gasteiger partial charge < -0.3 is 9.47 Å². The molecule has 0 amide bonds. The first kappa shape index (κ1) is 10.3. The van der Waals surface area contributed by atoms with Gasteiger partial charge in [-0.25, -0.2) is 9.59 Å². The summed E-state index contributed by atoms with van der Waals surface area (Å²) in [7, 11) is 0. The normalized spacial score (nSPS) is 8.91. The first-order valence-electron chi connectivity index (χ1n) is 3.22. The van der Waals surface area contributed by atoms with Crippen molar-refractivity contribution in [1.29, 1.82) is 0 Å². The van der Waals surface area contributed by atoms with E-state index in [-0.39, 0.29) is 13.2 Å². The summed E-state index contributed by atoms with van der Waals surface area (Å²) in [6.45, 7) is 3.88. The molecule has 0 rings (SSSR count). The molecule has 0 heterocycles. The number of thioether (sulfide) groups is 1. The molecule has 0 radical (unpaired) electrons. The lowest BCUT2D eigenvalue weighted by Crippen LogP contribution is -2.03. The molecule has 64 valence electrons. The minimum Gasteiger partial charge on any atom is -0.457 e. The first-order valence-corrected chi connectivity index (χ1v) is 4.03. The Balaban J connectivity index is 3.49. The van der Waals surface area contributed by atoms with Gasteiger partial charge in [-0.3, -0.25) is 0 Å². The highest BCUT2D eigenvalue weighted by Crippen LogP contribution is 2.08. The van der Waals surface area contributed by atoms with Crippen LogP contribution in [0.1, 0.15) is 13.8 Å². The monoisotopic (exact) mass is 178 g/mol. The van der Waals surface area contributed by atoms with Crippen molar-refractivity contribution in [3.8, 4) is 0 Å². The third-order valence-electron chi connectivity index (χ3n) is 0.691. The maximum atomic E-state index is 10.6. The van der Waals surface area contributed by atoms with Crippen LogP contribution < -0.4 is 0 Å². The molecule has 0 atom stereocenters. The standard InChI is InChI=1S/C6H10O4S/c1-3-9-5(7)11-6(8)10-4-2/h3-4H2,1-2H3. The molecule has 0 bridgehead atoms. The van der Waals surface area contributed by atoms with Gasteiger partial charge in [-0.05, 0) is 13.8 Å². The average molecular weight is 178 g/mol. The highest BCUT2D eigenvalue weighted by molar-refractivity contribution is 8.25. The lowest BCUT2D eigenvalue weighted by atomic mass is 10.9. The van der Waals surface area contributed by atoms with E-state index in [0.29, 0.717) is 11.8 Å². The minimum absolute atomic E-state index is 0.269. The van der Waals surface area contributed by atoms with Crippen LogP contribution in [-0.2, 0) is 9.47 Å². The van der Waals surface area contributed by atoms with E-state index < -0.39 is 10.6 Å². The fourth-order valence-electron chi connectivity index (χ4n) is 0.363. The zero-order chi connectivity index (χ0) is 8.69. The fourth-order valence-corrected chi connectivity index (χ4v) is 0.852. The molecule has 5 heteroatoms. The van der Waals surface area contributed by atoms with Crippen molar-refractivity contribution in [2.24, 2.45) is 0 Å². The van der Waals surface area contributed by atoms with Crippen molar-refractivity contribution in [3.05, 3.63) is 0 Å². The van der Waals surface area contributed by atoms with Crippen molar-refractivity contribution in [2.45, 2.75) is 13.8 Å². The van der Waals surface area contributed by atoms with E-state index in [1.807, 2.05) is 0 Å². The molecule has 0 unspecified atom stereocenters. The Kier molecular flexibility index (Phi) is 5.64. The van der Waals surface area contributed by atoms with Gasteiger partial charge in [0.15, 0.2) is 0 Å². The predicted octanol–water partition coefficient (Wildman–Crippen LogP) is 2.03. The van der Waals surface area contributed by atoms with E-state index in [0.717, 1.165) is 0 Å². The van der Waals surface area contributed by atoms with E-state index >= 15 is 0 Å². The van der Waals surface area contributed by atoms with Gasteiger partial charge in [0, 0.05) is 0 Å². The van der Waals surface area contributed by atoms with Crippen LogP contribution in [0.3, 0.4) is 0 Å². The van der Waals surface area contributed by atoms with Crippen LogP contribution in [0, 0.1) is 0 Å².